The number of methoxy groups -OCH3 is 1. The van der Waals surface area contributed by atoms with E-state index >= 15 is 0 Å². The molecule has 4 rings (SSSR count). The molecule has 0 saturated heterocycles. The summed E-state index contributed by atoms with van der Waals surface area (Å²) >= 11 is 0. The fourth-order valence-electron chi connectivity index (χ4n) is 3.44. The predicted molar refractivity (Wildman–Crippen MR) is 110 cm³/mol. The van der Waals surface area contributed by atoms with Crippen LogP contribution in [-0.4, -0.2) is 32.4 Å². The van der Waals surface area contributed by atoms with Crippen molar-refractivity contribution in [2.45, 2.75) is 0 Å². The molecule has 2 aromatic carbocycles. The molecule has 0 aliphatic heterocycles. The van der Waals surface area contributed by atoms with E-state index in [0.717, 1.165) is 16.6 Å². The first-order valence-corrected chi connectivity index (χ1v) is 8.87. The van der Waals surface area contributed by atoms with Gasteiger partial charge < -0.3 is 10.5 Å². The summed E-state index contributed by atoms with van der Waals surface area (Å²) in [6.45, 7) is 0. The zero-order chi connectivity index (χ0) is 20.7. The fourth-order valence-corrected chi connectivity index (χ4v) is 3.44. The van der Waals surface area contributed by atoms with E-state index in [4.69, 9.17) is 10.5 Å². The monoisotopic (exact) mass is 389 g/mol. The summed E-state index contributed by atoms with van der Waals surface area (Å²) in [5.74, 6) is -0.520. The molecule has 0 unspecified atom stereocenters. The zero-order valence-corrected chi connectivity index (χ0v) is 16.2. The SMILES string of the molecule is COC(=O)c1cc(N)cc(-c2c(-c3ccc4nccnc4c3)n(C)n(C)c2=O)c1. The Morgan fingerprint density at radius 3 is 2.41 bits per heavy atom. The van der Waals surface area contributed by atoms with Crippen LogP contribution in [0.15, 0.2) is 53.6 Å². The molecule has 2 heterocycles. The number of ether oxygens (including phenoxy) is 1. The summed E-state index contributed by atoms with van der Waals surface area (Å²) in [6.07, 6.45) is 3.25. The second-order valence-corrected chi connectivity index (χ2v) is 6.67. The van der Waals surface area contributed by atoms with E-state index < -0.39 is 5.97 Å². The smallest absolute Gasteiger partial charge is 0.337 e. The quantitative estimate of drug-likeness (QED) is 0.426. The first kappa shape index (κ1) is 18.4. The van der Waals surface area contributed by atoms with Gasteiger partial charge in [-0.15, -0.1) is 0 Å². The zero-order valence-electron chi connectivity index (χ0n) is 16.2. The maximum absolute atomic E-state index is 13.1. The molecule has 0 atom stereocenters. The van der Waals surface area contributed by atoms with Crippen LogP contribution in [0.25, 0.3) is 33.4 Å². The van der Waals surface area contributed by atoms with Crippen LogP contribution >= 0.6 is 0 Å². The molecule has 2 aromatic heterocycles. The number of nitrogens with two attached hydrogens (primary N) is 1. The summed E-state index contributed by atoms with van der Waals surface area (Å²) in [7, 11) is 4.78. The van der Waals surface area contributed by atoms with Crippen molar-refractivity contribution in [2.24, 2.45) is 14.1 Å². The van der Waals surface area contributed by atoms with Crippen LogP contribution in [0.5, 0.6) is 0 Å². The lowest BCUT2D eigenvalue weighted by atomic mass is 9.98. The van der Waals surface area contributed by atoms with Gasteiger partial charge in [0.15, 0.2) is 0 Å². The third kappa shape index (κ3) is 3.04. The van der Waals surface area contributed by atoms with Crippen molar-refractivity contribution in [3.8, 4) is 22.4 Å². The number of benzene rings is 2. The fraction of sp³-hybridized carbons (Fsp3) is 0.143. The number of hydrogen-bond donors (Lipinski definition) is 1. The Morgan fingerprint density at radius 2 is 1.69 bits per heavy atom. The highest BCUT2D eigenvalue weighted by Crippen LogP contribution is 2.32. The maximum Gasteiger partial charge on any atom is 0.337 e. The van der Waals surface area contributed by atoms with Gasteiger partial charge in [0.1, 0.15) is 0 Å². The molecule has 0 fully saturated rings. The summed E-state index contributed by atoms with van der Waals surface area (Å²) in [6, 6.07) is 10.4. The molecule has 0 amide bonds. The molecule has 8 nitrogen and oxygen atoms in total. The molecular weight excluding hydrogens is 370 g/mol. The van der Waals surface area contributed by atoms with Gasteiger partial charge in [0.25, 0.3) is 5.56 Å². The number of rotatable bonds is 3. The number of anilines is 1. The normalized spacial score (nSPS) is 11.0. The van der Waals surface area contributed by atoms with E-state index in [0.29, 0.717) is 22.5 Å². The number of carbonyl (C=O) groups excluding carboxylic acids is 1. The van der Waals surface area contributed by atoms with Gasteiger partial charge in [-0.3, -0.25) is 24.1 Å². The minimum Gasteiger partial charge on any atom is -0.465 e. The van der Waals surface area contributed by atoms with Crippen molar-refractivity contribution >= 4 is 22.7 Å². The van der Waals surface area contributed by atoms with Gasteiger partial charge in [-0.2, -0.15) is 0 Å². The molecule has 0 saturated carbocycles. The van der Waals surface area contributed by atoms with Crippen LogP contribution in [0.1, 0.15) is 10.4 Å². The Kier molecular flexibility index (Phi) is 4.38. The van der Waals surface area contributed by atoms with Crippen molar-refractivity contribution in [3.63, 3.8) is 0 Å². The molecule has 146 valence electrons. The third-order valence-electron chi connectivity index (χ3n) is 4.93. The van der Waals surface area contributed by atoms with Crippen molar-refractivity contribution in [2.75, 3.05) is 12.8 Å². The largest absolute Gasteiger partial charge is 0.465 e. The second-order valence-electron chi connectivity index (χ2n) is 6.67. The van der Waals surface area contributed by atoms with Crippen molar-refractivity contribution < 1.29 is 9.53 Å². The standard InChI is InChI=1S/C21H19N5O3/c1-25-19(12-4-5-16-17(11-12)24-7-6-23-16)18(20(27)26(25)2)13-8-14(21(28)29-3)10-15(22)9-13/h4-11H,22H2,1-3H3. The van der Waals surface area contributed by atoms with Crippen LogP contribution in [0.4, 0.5) is 5.69 Å². The minimum atomic E-state index is -0.520. The number of nitrogen functional groups attached to an aromatic ring is 1. The number of hydrogen-bond acceptors (Lipinski definition) is 6. The summed E-state index contributed by atoms with van der Waals surface area (Å²) in [4.78, 5) is 33.7. The number of aromatic nitrogens is 4. The summed E-state index contributed by atoms with van der Waals surface area (Å²) in [5.41, 5.74) is 10.4. The van der Waals surface area contributed by atoms with Gasteiger partial charge >= 0.3 is 5.97 Å². The van der Waals surface area contributed by atoms with E-state index in [1.54, 1.807) is 43.3 Å². The Bertz CT molecular complexity index is 1320. The average Bonchev–Trinajstić information content (AvgIpc) is 2.96. The highest BCUT2D eigenvalue weighted by Gasteiger charge is 2.21. The van der Waals surface area contributed by atoms with Crippen LogP contribution in [0.3, 0.4) is 0 Å². The van der Waals surface area contributed by atoms with Gasteiger partial charge in [-0.05, 0) is 35.9 Å². The van der Waals surface area contributed by atoms with E-state index in [2.05, 4.69) is 9.97 Å². The summed E-state index contributed by atoms with van der Waals surface area (Å²) < 4.78 is 8.07. The molecule has 8 heteroatoms. The first-order chi connectivity index (χ1) is 13.9. The number of carbonyl (C=O) groups is 1. The topological polar surface area (TPSA) is 105 Å². The number of fused-ring (bicyclic) bond motifs is 1. The third-order valence-corrected chi connectivity index (χ3v) is 4.93. The van der Waals surface area contributed by atoms with Gasteiger partial charge in [0.2, 0.25) is 0 Å². The van der Waals surface area contributed by atoms with Crippen molar-refractivity contribution in [1.29, 1.82) is 0 Å². The van der Waals surface area contributed by atoms with Crippen LogP contribution in [-0.2, 0) is 18.8 Å². The average molecular weight is 389 g/mol. The highest BCUT2D eigenvalue weighted by molar-refractivity contribution is 5.94. The Labute approximate surface area is 166 Å². The van der Waals surface area contributed by atoms with Crippen molar-refractivity contribution in [3.05, 3.63) is 64.7 Å². The van der Waals surface area contributed by atoms with Crippen LogP contribution < -0.4 is 11.3 Å². The molecule has 0 aliphatic carbocycles. The summed E-state index contributed by atoms with van der Waals surface area (Å²) in [5, 5.41) is 0. The molecule has 0 aliphatic rings. The predicted octanol–water partition coefficient (Wildman–Crippen LogP) is 2.37. The lowest BCUT2D eigenvalue weighted by Gasteiger charge is -2.10. The highest BCUT2D eigenvalue weighted by atomic mass is 16.5. The van der Waals surface area contributed by atoms with Gasteiger partial charge in [0.05, 0.1) is 35.0 Å². The molecule has 29 heavy (non-hydrogen) atoms. The van der Waals surface area contributed by atoms with Gasteiger partial charge in [0, 0.05) is 37.7 Å². The van der Waals surface area contributed by atoms with Crippen LogP contribution in [0, 0.1) is 0 Å². The van der Waals surface area contributed by atoms with Gasteiger partial charge in [-0.25, -0.2) is 4.79 Å². The molecule has 0 bridgehead atoms. The Hall–Kier alpha value is -3.94. The van der Waals surface area contributed by atoms with E-state index in [-0.39, 0.29) is 11.1 Å². The number of esters is 1. The molecule has 0 radical (unpaired) electrons. The number of nitrogens with zero attached hydrogens (tertiary/aromatic N) is 4. The van der Waals surface area contributed by atoms with Crippen molar-refractivity contribution in [1.82, 2.24) is 19.3 Å². The second kappa shape index (κ2) is 6.90. The van der Waals surface area contributed by atoms with E-state index in [9.17, 15) is 9.59 Å². The van der Waals surface area contributed by atoms with E-state index in [1.165, 1.54) is 17.9 Å². The lowest BCUT2D eigenvalue weighted by molar-refractivity contribution is 0.0601. The lowest BCUT2D eigenvalue weighted by Crippen LogP contribution is -2.17. The molecular formula is C21H19N5O3. The Balaban J connectivity index is 2.01. The molecule has 0 spiro atoms. The molecule has 2 N–H and O–H groups in total. The molecule has 4 aromatic rings. The van der Waals surface area contributed by atoms with Crippen LogP contribution in [0.2, 0.25) is 0 Å². The van der Waals surface area contributed by atoms with Gasteiger partial charge in [-0.1, -0.05) is 6.07 Å². The van der Waals surface area contributed by atoms with E-state index in [1.807, 2.05) is 18.2 Å². The maximum atomic E-state index is 13.1. The first-order valence-electron chi connectivity index (χ1n) is 8.87. The minimum absolute atomic E-state index is 0.205. The Morgan fingerprint density at radius 1 is 0.966 bits per heavy atom.